The molecule has 0 saturated carbocycles. The van der Waals surface area contributed by atoms with E-state index >= 15 is 0 Å². The van der Waals surface area contributed by atoms with Crippen molar-refractivity contribution in [1.82, 2.24) is 5.32 Å². The minimum Gasteiger partial charge on any atom is -0.366 e. The molecule has 1 aromatic rings. The van der Waals surface area contributed by atoms with Crippen molar-refractivity contribution in [2.75, 3.05) is 0 Å². The first-order chi connectivity index (χ1) is 6.89. The third-order valence-electron chi connectivity index (χ3n) is 2.38. The number of amidine groups is 1. The molecule has 5 heteroatoms. The van der Waals surface area contributed by atoms with E-state index in [9.17, 15) is 13.2 Å². The molecule has 0 unspecified atom stereocenters. The lowest BCUT2D eigenvalue weighted by Crippen LogP contribution is -2.17. The van der Waals surface area contributed by atoms with Gasteiger partial charge in [0.05, 0.1) is 5.56 Å². The number of hydrogen-bond donors (Lipinski definition) is 2. The topological polar surface area (TPSA) is 35.9 Å². The Kier molecular flexibility index (Phi) is 1.99. The Labute approximate surface area is 84.6 Å². The van der Waals surface area contributed by atoms with Gasteiger partial charge in [-0.25, -0.2) is 0 Å². The molecule has 1 aliphatic rings. The molecule has 2 nitrogen and oxygen atoms in total. The molecule has 0 amide bonds. The Bertz CT molecular complexity index is 435. The van der Waals surface area contributed by atoms with Crippen molar-refractivity contribution < 1.29 is 13.2 Å². The molecule has 0 saturated heterocycles. The van der Waals surface area contributed by atoms with Crippen molar-refractivity contribution in [2.45, 2.75) is 19.6 Å². The van der Waals surface area contributed by atoms with E-state index in [-0.39, 0.29) is 11.4 Å². The quantitative estimate of drug-likeness (QED) is 0.683. The molecule has 0 fully saturated rings. The average Bonchev–Trinajstić information content (AvgIpc) is 2.44. The summed E-state index contributed by atoms with van der Waals surface area (Å²) in [5, 5.41) is 10.0. The number of nitrogens with one attached hydrogen (secondary N) is 2. The molecule has 0 aromatic heterocycles. The predicted octanol–water partition coefficient (Wildman–Crippen LogP) is 2.44. The van der Waals surface area contributed by atoms with Crippen LogP contribution in [-0.2, 0) is 12.7 Å². The summed E-state index contributed by atoms with van der Waals surface area (Å²) in [6, 6.07) is 2.76. The van der Waals surface area contributed by atoms with Crippen LogP contribution in [-0.4, -0.2) is 5.84 Å². The van der Waals surface area contributed by atoms with E-state index in [0.29, 0.717) is 17.7 Å². The van der Waals surface area contributed by atoms with Crippen LogP contribution in [0.3, 0.4) is 0 Å². The van der Waals surface area contributed by atoms with Crippen molar-refractivity contribution in [3.63, 3.8) is 0 Å². The second-order valence-corrected chi connectivity index (χ2v) is 3.57. The van der Waals surface area contributed by atoms with Gasteiger partial charge in [0.1, 0.15) is 5.84 Å². The predicted molar refractivity (Wildman–Crippen MR) is 49.8 cm³/mol. The Morgan fingerprint density at radius 3 is 2.60 bits per heavy atom. The van der Waals surface area contributed by atoms with Gasteiger partial charge in [-0.3, -0.25) is 5.41 Å². The zero-order chi connectivity index (χ0) is 11.2. The molecule has 2 N–H and O–H groups in total. The van der Waals surface area contributed by atoms with E-state index in [0.717, 1.165) is 6.07 Å². The highest BCUT2D eigenvalue weighted by Crippen LogP contribution is 2.35. The standard InChI is InChI=1S/C10H9F3N2/c1-5-2-6-4-15-9(14)8(6)7(3-5)10(11,12)13/h2-3H,4H2,1H3,(H2,14,15). The van der Waals surface area contributed by atoms with Crippen LogP contribution in [0.1, 0.15) is 22.3 Å². The van der Waals surface area contributed by atoms with Gasteiger partial charge >= 0.3 is 6.18 Å². The van der Waals surface area contributed by atoms with Crippen LogP contribution in [0.4, 0.5) is 13.2 Å². The molecule has 1 aliphatic heterocycles. The summed E-state index contributed by atoms with van der Waals surface area (Å²) in [5.74, 6) is -0.141. The normalized spacial score (nSPS) is 15.1. The first-order valence-corrected chi connectivity index (χ1v) is 4.43. The fourth-order valence-corrected chi connectivity index (χ4v) is 1.79. The van der Waals surface area contributed by atoms with Crippen molar-refractivity contribution in [1.29, 1.82) is 5.41 Å². The van der Waals surface area contributed by atoms with Crippen molar-refractivity contribution in [2.24, 2.45) is 0 Å². The number of alkyl halides is 3. The molecule has 2 rings (SSSR count). The molecular weight excluding hydrogens is 205 g/mol. The molecule has 0 aliphatic carbocycles. The lowest BCUT2D eigenvalue weighted by Gasteiger charge is -2.12. The van der Waals surface area contributed by atoms with Gasteiger partial charge in [-0.1, -0.05) is 11.6 Å². The molecule has 15 heavy (non-hydrogen) atoms. The van der Waals surface area contributed by atoms with Crippen LogP contribution in [0.15, 0.2) is 12.1 Å². The number of halogens is 3. The average molecular weight is 214 g/mol. The van der Waals surface area contributed by atoms with Crippen LogP contribution in [0.5, 0.6) is 0 Å². The minimum atomic E-state index is -4.39. The van der Waals surface area contributed by atoms with Gasteiger partial charge in [0.25, 0.3) is 0 Å². The summed E-state index contributed by atoms with van der Waals surface area (Å²) in [7, 11) is 0. The number of fused-ring (bicyclic) bond motifs is 1. The Morgan fingerprint density at radius 1 is 1.33 bits per heavy atom. The van der Waals surface area contributed by atoms with Crippen molar-refractivity contribution >= 4 is 5.84 Å². The summed E-state index contributed by atoms with van der Waals surface area (Å²) >= 11 is 0. The van der Waals surface area contributed by atoms with E-state index in [1.54, 1.807) is 13.0 Å². The zero-order valence-electron chi connectivity index (χ0n) is 8.00. The third-order valence-corrected chi connectivity index (χ3v) is 2.38. The van der Waals surface area contributed by atoms with Gasteiger partial charge in [-0.05, 0) is 18.6 Å². The van der Waals surface area contributed by atoms with Crippen molar-refractivity contribution in [3.8, 4) is 0 Å². The second-order valence-electron chi connectivity index (χ2n) is 3.57. The zero-order valence-corrected chi connectivity index (χ0v) is 8.00. The molecule has 0 atom stereocenters. The number of aryl methyl sites for hydroxylation is 1. The van der Waals surface area contributed by atoms with Gasteiger partial charge in [-0.15, -0.1) is 0 Å². The Morgan fingerprint density at radius 2 is 2.00 bits per heavy atom. The highest BCUT2D eigenvalue weighted by atomic mass is 19.4. The van der Waals surface area contributed by atoms with Crippen LogP contribution in [0.25, 0.3) is 0 Å². The summed E-state index contributed by atoms with van der Waals surface area (Å²) in [4.78, 5) is 0. The van der Waals surface area contributed by atoms with Gasteiger partial charge in [0.2, 0.25) is 0 Å². The molecule has 80 valence electrons. The summed E-state index contributed by atoms with van der Waals surface area (Å²) in [5.41, 5.74) is 0.394. The third kappa shape index (κ3) is 1.58. The molecule has 1 heterocycles. The molecule has 0 bridgehead atoms. The molecule has 0 radical (unpaired) electrons. The molecule has 1 aromatic carbocycles. The van der Waals surface area contributed by atoms with Crippen molar-refractivity contribution in [3.05, 3.63) is 34.4 Å². The highest BCUT2D eigenvalue weighted by Gasteiger charge is 2.37. The summed E-state index contributed by atoms with van der Waals surface area (Å²) in [6.45, 7) is 1.93. The van der Waals surface area contributed by atoms with Crippen LogP contribution < -0.4 is 5.32 Å². The minimum absolute atomic E-state index is 0.00639. The maximum atomic E-state index is 12.7. The summed E-state index contributed by atoms with van der Waals surface area (Å²) < 4.78 is 38.0. The smallest absolute Gasteiger partial charge is 0.366 e. The first kappa shape index (κ1) is 10.0. The van der Waals surface area contributed by atoms with Crippen LogP contribution in [0, 0.1) is 12.3 Å². The van der Waals surface area contributed by atoms with Gasteiger partial charge < -0.3 is 5.32 Å². The first-order valence-electron chi connectivity index (χ1n) is 4.43. The molecular formula is C10H9F3N2. The van der Waals surface area contributed by atoms with Gasteiger partial charge in [0.15, 0.2) is 0 Å². The molecule has 0 spiro atoms. The highest BCUT2D eigenvalue weighted by molar-refractivity contribution is 6.01. The Balaban J connectivity index is 2.69. The van der Waals surface area contributed by atoms with Gasteiger partial charge in [0, 0.05) is 12.1 Å². The monoisotopic (exact) mass is 214 g/mol. The maximum Gasteiger partial charge on any atom is 0.417 e. The van der Waals surface area contributed by atoms with E-state index < -0.39 is 11.7 Å². The van der Waals surface area contributed by atoms with E-state index in [2.05, 4.69) is 5.32 Å². The number of benzene rings is 1. The number of hydrogen-bond acceptors (Lipinski definition) is 1. The van der Waals surface area contributed by atoms with Gasteiger partial charge in [-0.2, -0.15) is 13.2 Å². The van der Waals surface area contributed by atoms with E-state index in [1.165, 1.54) is 0 Å². The van der Waals surface area contributed by atoms with Crippen LogP contribution >= 0.6 is 0 Å². The fraction of sp³-hybridized carbons (Fsp3) is 0.300. The van der Waals surface area contributed by atoms with E-state index in [4.69, 9.17) is 5.41 Å². The lowest BCUT2D eigenvalue weighted by molar-refractivity contribution is -0.137. The Hall–Kier alpha value is -1.52. The summed E-state index contributed by atoms with van der Waals surface area (Å²) in [6.07, 6.45) is -4.39. The fourth-order valence-electron chi connectivity index (χ4n) is 1.79. The number of rotatable bonds is 0. The van der Waals surface area contributed by atoms with E-state index in [1.807, 2.05) is 0 Å². The largest absolute Gasteiger partial charge is 0.417 e. The van der Waals surface area contributed by atoms with Crippen LogP contribution in [0.2, 0.25) is 0 Å². The maximum absolute atomic E-state index is 12.7. The second kappa shape index (κ2) is 2.98. The SMILES string of the molecule is Cc1cc2c(c(C(F)(F)F)c1)C(=N)NC2. The lowest BCUT2D eigenvalue weighted by atomic mass is 9.99.